The summed E-state index contributed by atoms with van der Waals surface area (Å²) in [4.78, 5) is 34.7. The van der Waals surface area contributed by atoms with Crippen LogP contribution in [0.5, 0.6) is 5.75 Å². The molecule has 0 radical (unpaired) electrons. The zero-order valence-electron chi connectivity index (χ0n) is 19.5. The van der Waals surface area contributed by atoms with E-state index in [1.807, 2.05) is 0 Å². The molecule has 2 heterocycles. The fourth-order valence-electron chi connectivity index (χ4n) is 3.74. The van der Waals surface area contributed by atoms with Gasteiger partial charge in [-0.1, -0.05) is 6.07 Å². The number of nitrogens with one attached hydrogen (secondary N) is 1. The number of carbonyl (C=O) groups excluding carboxylic acids is 2. The third kappa shape index (κ3) is 5.70. The largest absolute Gasteiger partial charge is 0.489 e. The van der Waals surface area contributed by atoms with Gasteiger partial charge in [-0.25, -0.2) is 0 Å². The zero-order chi connectivity index (χ0) is 25.8. The fourth-order valence-corrected chi connectivity index (χ4v) is 3.74. The van der Waals surface area contributed by atoms with Crippen LogP contribution in [0.1, 0.15) is 23.2 Å². The number of ether oxygens (including phenoxy) is 2. The lowest BCUT2D eigenvalue weighted by Gasteiger charge is -2.30. The molecule has 9 nitrogen and oxygen atoms in total. The van der Waals surface area contributed by atoms with E-state index in [1.54, 1.807) is 14.1 Å². The Morgan fingerprint density at radius 2 is 2.06 bits per heavy atom. The van der Waals surface area contributed by atoms with Crippen LogP contribution >= 0.6 is 0 Å². The number of rotatable bonds is 7. The monoisotopic (exact) mass is 493 g/mol. The Labute approximate surface area is 200 Å². The highest BCUT2D eigenvalue weighted by molar-refractivity contribution is 6.46. The van der Waals surface area contributed by atoms with Crippen LogP contribution in [0, 0.1) is 0 Å². The van der Waals surface area contributed by atoms with Crippen molar-refractivity contribution in [3.8, 4) is 5.75 Å². The van der Waals surface area contributed by atoms with Crippen molar-refractivity contribution in [2.45, 2.75) is 24.7 Å². The second kappa shape index (κ2) is 10.3. The second-order valence-electron chi connectivity index (χ2n) is 8.16. The van der Waals surface area contributed by atoms with Crippen molar-refractivity contribution < 1.29 is 32.2 Å². The topological polar surface area (TPSA) is 119 Å². The molecule has 1 aromatic heterocycles. The van der Waals surface area contributed by atoms with Crippen LogP contribution in [0.2, 0.25) is 0 Å². The number of aliphatic imine (C=N–C) groups is 1. The van der Waals surface area contributed by atoms with Gasteiger partial charge in [-0.05, 0) is 24.3 Å². The number of aromatic nitrogens is 1. The Morgan fingerprint density at radius 1 is 1.31 bits per heavy atom. The predicted molar refractivity (Wildman–Crippen MR) is 122 cm³/mol. The highest BCUT2D eigenvalue weighted by Crippen LogP contribution is 2.31. The number of pyridine rings is 1. The van der Waals surface area contributed by atoms with Gasteiger partial charge in [-0.15, -0.1) is 0 Å². The predicted octanol–water partition coefficient (Wildman–Crippen LogP) is 2.04. The molecule has 3 N–H and O–H groups in total. The molecule has 0 spiro atoms. The van der Waals surface area contributed by atoms with Gasteiger partial charge >= 0.3 is 6.18 Å². The molecule has 3 rings (SSSR count). The first-order chi connectivity index (χ1) is 16.5. The lowest BCUT2D eigenvalue weighted by atomic mass is 9.95. The van der Waals surface area contributed by atoms with Crippen LogP contribution in [-0.2, 0) is 27.1 Å². The zero-order valence-corrected chi connectivity index (χ0v) is 19.5. The third-order valence-corrected chi connectivity index (χ3v) is 5.46. The van der Waals surface area contributed by atoms with Gasteiger partial charge in [-0.2, -0.15) is 13.2 Å². The number of amides is 2. The van der Waals surface area contributed by atoms with Crippen molar-refractivity contribution in [2.75, 3.05) is 40.1 Å². The van der Waals surface area contributed by atoms with E-state index in [4.69, 9.17) is 15.2 Å². The molecule has 1 unspecified atom stereocenters. The van der Waals surface area contributed by atoms with Crippen LogP contribution in [0.25, 0.3) is 0 Å². The SMILES string of the molecule is CN=C(C(=O)NC1(C(=O)N(C)C)CCOC1)c1cc(OCc2cccnc2C(F)(F)F)ccc1N. The van der Waals surface area contributed by atoms with E-state index < -0.39 is 29.9 Å². The normalized spacial score (nSPS) is 18.3. The van der Waals surface area contributed by atoms with E-state index in [0.717, 1.165) is 6.20 Å². The van der Waals surface area contributed by atoms with Crippen LogP contribution in [-0.4, -0.2) is 67.3 Å². The molecule has 12 heteroatoms. The van der Waals surface area contributed by atoms with Gasteiger partial charge in [0.1, 0.15) is 23.6 Å². The summed E-state index contributed by atoms with van der Waals surface area (Å²) in [5.74, 6) is -0.798. The molecule has 0 saturated carbocycles. The van der Waals surface area contributed by atoms with Gasteiger partial charge in [0.25, 0.3) is 5.91 Å². The minimum Gasteiger partial charge on any atom is -0.489 e. The Hall–Kier alpha value is -3.67. The van der Waals surface area contributed by atoms with Gasteiger partial charge < -0.3 is 25.4 Å². The molecule has 188 valence electrons. The van der Waals surface area contributed by atoms with Crippen LogP contribution in [0.4, 0.5) is 18.9 Å². The number of benzene rings is 1. The molecule has 1 saturated heterocycles. The summed E-state index contributed by atoms with van der Waals surface area (Å²) in [6, 6.07) is 6.98. The van der Waals surface area contributed by atoms with E-state index in [1.165, 1.54) is 42.3 Å². The maximum atomic E-state index is 13.2. The molecular formula is C23H26F3N5O4. The summed E-state index contributed by atoms with van der Waals surface area (Å²) in [6.45, 7) is -0.0924. The lowest BCUT2D eigenvalue weighted by molar-refractivity contribution is -0.142. The molecule has 1 aliphatic rings. The van der Waals surface area contributed by atoms with Crippen LogP contribution < -0.4 is 15.8 Å². The molecule has 2 aromatic rings. The third-order valence-electron chi connectivity index (χ3n) is 5.46. The first kappa shape index (κ1) is 25.9. The van der Waals surface area contributed by atoms with Gasteiger partial charge in [-0.3, -0.25) is 19.6 Å². The number of likely N-dealkylation sites (N-methyl/N-ethyl adjacent to an activating group) is 1. The maximum Gasteiger partial charge on any atom is 0.433 e. The summed E-state index contributed by atoms with van der Waals surface area (Å²) in [6.07, 6.45) is -3.28. The molecule has 1 atom stereocenters. The molecule has 1 aliphatic heterocycles. The molecule has 0 aliphatic carbocycles. The highest BCUT2D eigenvalue weighted by atomic mass is 19.4. The average molecular weight is 493 g/mol. The Kier molecular flexibility index (Phi) is 7.64. The first-order valence-electron chi connectivity index (χ1n) is 10.6. The lowest BCUT2D eigenvalue weighted by Crippen LogP contribution is -2.60. The Bertz CT molecular complexity index is 1130. The first-order valence-corrected chi connectivity index (χ1v) is 10.6. The summed E-state index contributed by atoms with van der Waals surface area (Å²) in [5.41, 5.74) is 3.97. The van der Waals surface area contributed by atoms with Crippen molar-refractivity contribution in [1.29, 1.82) is 0 Å². The Balaban J connectivity index is 1.83. The van der Waals surface area contributed by atoms with E-state index in [-0.39, 0.29) is 47.2 Å². The number of hydrogen-bond acceptors (Lipinski definition) is 7. The number of carbonyl (C=O) groups is 2. The summed E-state index contributed by atoms with van der Waals surface area (Å²) in [5, 5.41) is 2.74. The highest BCUT2D eigenvalue weighted by Gasteiger charge is 2.45. The van der Waals surface area contributed by atoms with Gasteiger partial charge in [0.05, 0.1) is 6.61 Å². The number of nitrogens with two attached hydrogens (primary N) is 1. The standard InChI is InChI=1S/C23H26F3N5O4/c1-28-18(20(32)30-22(8-10-34-13-22)21(33)31(2)3)16-11-15(6-7-17(16)27)35-12-14-5-4-9-29-19(14)23(24,25)26/h4-7,9,11H,8,10,12-13,27H2,1-3H3,(H,30,32). The maximum absolute atomic E-state index is 13.2. The molecule has 1 aromatic carbocycles. The van der Waals surface area contributed by atoms with Crippen LogP contribution in [0.15, 0.2) is 41.5 Å². The summed E-state index contributed by atoms with van der Waals surface area (Å²) in [7, 11) is 4.54. The van der Waals surface area contributed by atoms with Crippen molar-refractivity contribution in [3.63, 3.8) is 0 Å². The molecule has 35 heavy (non-hydrogen) atoms. The van der Waals surface area contributed by atoms with E-state index in [2.05, 4.69) is 15.3 Å². The number of hydrogen-bond donors (Lipinski definition) is 2. The number of nitrogens with zero attached hydrogens (tertiary/aromatic N) is 3. The van der Waals surface area contributed by atoms with Crippen LogP contribution in [0.3, 0.4) is 0 Å². The minimum atomic E-state index is -4.63. The second-order valence-corrected chi connectivity index (χ2v) is 8.16. The quantitative estimate of drug-likeness (QED) is 0.450. The van der Waals surface area contributed by atoms with Gasteiger partial charge in [0.15, 0.2) is 5.69 Å². The van der Waals surface area contributed by atoms with Crippen molar-refractivity contribution >= 4 is 23.2 Å². The molecular weight excluding hydrogens is 467 g/mol. The number of nitrogen functional groups attached to an aromatic ring is 1. The van der Waals surface area contributed by atoms with Crippen molar-refractivity contribution in [1.82, 2.24) is 15.2 Å². The minimum absolute atomic E-state index is 0.0119. The summed E-state index contributed by atoms with van der Waals surface area (Å²) >= 11 is 0. The number of anilines is 1. The van der Waals surface area contributed by atoms with Gasteiger partial charge in [0.2, 0.25) is 5.91 Å². The number of halogens is 3. The van der Waals surface area contributed by atoms with E-state index >= 15 is 0 Å². The molecule has 1 fully saturated rings. The smallest absolute Gasteiger partial charge is 0.433 e. The average Bonchev–Trinajstić information content (AvgIpc) is 3.28. The fraction of sp³-hybridized carbons (Fsp3) is 0.391. The Morgan fingerprint density at radius 3 is 2.66 bits per heavy atom. The molecule has 2 amide bonds. The molecule has 0 bridgehead atoms. The number of alkyl halides is 3. The van der Waals surface area contributed by atoms with Crippen molar-refractivity contribution in [2.24, 2.45) is 4.99 Å². The van der Waals surface area contributed by atoms with Gasteiger partial charge in [0, 0.05) is 57.2 Å². The van der Waals surface area contributed by atoms with E-state index in [0.29, 0.717) is 6.61 Å². The van der Waals surface area contributed by atoms with Crippen molar-refractivity contribution in [3.05, 3.63) is 53.3 Å². The summed E-state index contributed by atoms with van der Waals surface area (Å²) < 4.78 is 50.5. The van der Waals surface area contributed by atoms with E-state index in [9.17, 15) is 22.8 Å².